The van der Waals surface area contributed by atoms with Gasteiger partial charge in [-0.1, -0.05) is 0 Å². The first-order valence-electron chi connectivity index (χ1n) is 5.73. The maximum absolute atomic E-state index is 10.9. The van der Waals surface area contributed by atoms with Gasteiger partial charge in [0.2, 0.25) is 0 Å². The van der Waals surface area contributed by atoms with Crippen LogP contribution in [0.25, 0.3) is 0 Å². The van der Waals surface area contributed by atoms with Crippen LogP contribution in [0.5, 0.6) is 0 Å². The van der Waals surface area contributed by atoms with Crippen molar-refractivity contribution < 1.29 is 14.3 Å². The fourth-order valence-corrected chi connectivity index (χ4v) is 1.45. The van der Waals surface area contributed by atoms with Crippen LogP contribution in [0.1, 0.15) is 25.7 Å². The zero-order chi connectivity index (χ0) is 12.2. The lowest BCUT2D eigenvalue weighted by atomic mass is 10.1. The predicted octanol–water partition coefficient (Wildman–Crippen LogP) is 0.283. The van der Waals surface area contributed by atoms with Gasteiger partial charge in [-0.3, -0.25) is 4.79 Å². The molecule has 0 saturated heterocycles. The summed E-state index contributed by atoms with van der Waals surface area (Å²) >= 11 is 0. The summed E-state index contributed by atoms with van der Waals surface area (Å²) in [6.45, 7) is 2.18. The summed E-state index contributed by atoms with van der Waals surface area (Å²) in [6.07, 6.45) is 3.23. The summed E-state index contributed by atoms with van der Waals surface area (Å²) in [6, 6.07) is 0.325. The number of methoxy groups -OCH3 is 2. The Morgan fingerprint density at radius 3 is 2.69 bits per heavy atom. The third-order valence-electron chi connectivity index (χ3n) is 2.34. The van der Waals surface area contributed by atoms with E-state index in [1.165, 1.54) is 7.11 Å². The highest BCUT2D eigenvalue weighted by Crippen LogP contribution is 1.98. The van der Waals surface area contributed by atoms with E-state index in [2.05, 4.69) is 10.1 Å². The van der Waals surface area contributed by atoms with Gasteiger partial charge in [-0.15, -0.1) is 0 Å². The summed E-state index contributed by atoms with van der Waals surface area (Å²) in [4.78, 5) is 10.9. The highest BCUT2D eigenvalue weighted by Gasteiger charge is 2.07. The second-order valence-corrected chi connectivity index (χ2v) is 3.72. The topological polar surface area (TPSA) is 73.6 Å². The van der Waals surface area contributed by atoms with Gasteiger partial charge in [0.05, 0.1) is 13.7 Å². The number of ether oxygens (including phenoxy) is 2. The quantitative estimate of drug-likeness (QED) is 0.418. The second kappa shape index (κ2) is 10.9. The average Bonchev–Trinajstić information content (AvgIpc) is 2.30. The summed E-state index contributed by atoms with van der Waals surface area (Å²) in [5.41, 5.74) is 5.46. The van der Waals surface area contributed by atoms with Crippen LogP contribution >= 0.6 is 0 Å². The summed E-state index contributed by atoms with van der Waals surface area (Å²) < 4.78 is 9.67. The van der Waals surface area contributed by atoms with Crippen molar-refractivity contribution in [3.63, 3.8) is 0 Å². The highest BCUT2D eigenvalue weighted by atomic mass is 16.5. The minimum Gasteiger partial charge on any atom is -0.469 e. The van der Waals surface area contributed by atoms with E-state index in [1.807, 2.05) is 0 Å². The van der Waals surface area contributed by atoms with Crippen molar-refractivity contribution in [3.8, 4) is 0 Å². The van der Waals surface area contributed by atoms with Gasteiger partial charge < -0.3 is 20.5 Å². The SMILES string of the molecule is COCC(CCCN)NCCCC(=O)OC. The van der Waals surface area contributed by atoms with Crippen LogP contribution in [-0.4, -0.2) is 45.9 Å². The Labute approximate surface area is 97.7 Å². The fourth-order valence-electron chi connectivity index (χ4n) is 1.45. The zero-order valence-electron chi connectivity index (χ0n) is 10.3. The lowest BCUT2D eigenvalue weighted by molar-refractivity contribution is -0.140. The van der Waals surface area contributed by atoms with Crippen molar-refractivity contribution in [1.82, 2.24) is 5.32 Å². The number of carbonyl (C=O) groups is 1. The molecule has 0 saturated carbocycles. The van der Waals surface area contributed by atoms with Crippen molar-refractivity contribution in [2.75, 3.05) is 33.9 Å². The molecule has 0 aromatic carbocycles. The fraction of sp³-hybridized carbons (Fsp3) is 0.909. The van der Waals surface area contributed by atoms with Crippen LogP contribution in [0.15, 0.2) is 0 Å². The van der Waals surface area contributed by atoms with Crippen molar-refractivity contribution in [2.45, 2.75) is 31.7 Å². The lowest BCUT2D eigenvalue weighted by Gasteiger charge is -2.17. The number of esters is 1. The summed E-state index contributed by atoms with van der Waals surface area (Å²) in [7, 11) is 3.09. The monoisotopic (exact) mass is 232 g/mol. The third-order valence-corrected chi connectivity index (χ3v) is 2.34. The van der Waals surface area contributed by atoms with E-state index < -0.39 is 0 Å². The molecule has 96 valence electrons. The van der Waals surface area contributed by atoms with E-state index in [-0.39, 0.29) is 5.97 Å². The van der Waals surface area contributed by atoms with Crippen molar-refractivity contribution in [1.29, 1.82) is 0 Å². The molecule has 0 aliphatic rings. The molecule has 1 atom stereocenters. The number of nitrogens with two attached hydrogens (primary N) is 1. The second-order valence-electron chi connectivity index (χ2n) is 3.72. The average molecular weight is 232 g/mol. The molecule has 16 heavy (non-hydrogen) atoms. The molecule has 0 aromatic rings. The molecule has 1 unspecified atom stereocenters. The first-order chi connectivity index (χ1) is 7.74. The van der Waals surface area contributed by atoms with E-state index >= 15 is 0 Å². The van der Waals surface area contributed by atoms with Crippen LogP contribution < -0.4 is 11.1 Å². The molecular weight excluding hydrogens is 208 g/mol. The van der Waals surface area contributed by atoms with Gasteiger partial charge in [-0.2, -0.15) is 0 Å². The predicted molar refractivity (Wildman–Crippen MR) is 63.2 cm³/mol. The van der Waals surface area contributed by atoms with E-state index in [9.17, 15) is 4.79 Å². The molecule has 0 heterocycles. The molecule has 0 amide bonds. The molecule has 5 nitrogen and oxygen atoms in total. The van der Waals surface area contributed by atoms with Gasteiger partial charge in [0.1, 0.15) is 0 Å². The summed E-state index contributed by atoms with van der Waals surface area (Å²) in [5, 5.41) is 3.35. The maximum atomic E-state index is 10.9. The van der Waals surface area contributed by atoms with Gasteiger partial charge >= 0.3 is 5.97 Å². The molecule has 0 fully saturated rings. The number of hydrogen-bond acceptors (Lipinski definition) is 5. The minimum absolute atomic E-state index is 0.160. The van der Waals surface area contributed by atoms with Crippen molar-refractivity contribution in [2.24, 2.45) is 5.73 Å². The van der Waals surface area contributed by atoms with Gasteiger partial charge in [-0.25, -0.2) is 0 Å². The van der Waals surface area contributed by atoms with Gasteiger partial charge in [0.15, 0.2) is 0 Å². The largest absolute Gasteiger partial charge is 0.469 e. The summed E-state index contributed by atoms with van der Waals surface area (Å²) in [5.74, 6) is -0.160. The molecule has 0 spiro atoms. The van der Waals surface area contributed by atoms with E-state index in [0.717, 1.165) is 25.8 Å². The number of carbonyl (C=O) groups excluding carboxylic acids is 1. The Balaban J connectivity index is 3.54. The number of hydrogen-bond donors (Lipinski definition) is 2. The first-order valence-corrected chi connectivity index (χ1v) is 5.73. The van der Waals surface area contributed by atoms with Crippen LogP contribution in [0, 0.1) is 0 Å². The minimum atomic E-state index is -0.160. The Kier molecular flexibility index (Phi) is 10.4. The molecular formula is C11H24N2O3. The zero-order valence-corrected chi connectivity index (χ0v) is 10.3. The Bertz CT molecular complexity index is 177. The Morgan fingerprint density at radius 2 is 2.12 bits per heavy atom. The molecule has 0 aliphatic heterocycles. The van der Waals surface area contributed by atoms with E-state index in [1.54, 1.807) is 7.11 Å². The maximum Gasteiger partial charge on any atom is 0.305 e. The van der Waals surface area contributed by atoms with Crippen molar-refractivity contribution >= 4 is 5.97 Å². The van der Waals surface area contributed by atoms with Gasteiger partial charge in [-0.05, 0) is 32.4 Å². The Hall–Kier alpha value is -0.650. The van der Waals surface area contributed by atoms with Crippen LogP contribution in [-0.2, 0) is 14.3 Å². The molecule has 0 aliphatic carbocycles. The van der Waals surface area contributed by atoms with Crippen LogP contribution in [0.2, 0.25) is 0 Å². The third kappa shape index (κ3) is 8.64. The molecule has 0 bridgehead atoms. The van der Waals surface area contributed by atoms with Crippen LogP contribution in [0.4, 0.5) is 0 Å². The Morgan fingerprint density at radius 1 is 1.38 bits per heavy atom. The lowest BCUT2D eigenvalue weighted by Crippen LogP contribution is -2.34. The normalized spacial score (nSPS) is 12.4. The number of nitrogens with one attached hydrogen (secondary N) is 1. The first kappa shape index (κ1) is 15.3. The number of rotatable bonds is 10. The van der Waals surface area contributed by atoms with Gasteiger partial charge in [0.25, 0.3) is 0 Å². The van der Waals surface area contributed by atoms with Gasteiger partial charge in [0, 0.05) is 19.6 Å². The standard InChI is InChI=1S/C11H24N2O3/c1-15-9-10(5-3-7-12)13-8-4-6-11(14)16-2/h10,13H,3-9,12H2,1-2H3. The smallest absolute Gasteiger partial charge is 0.305 e. The molecule has 0 aromatic heterocycles. The van der Waals surface area contributed by atoms with Crippen LogP contribution in [0.3, 0.4) is 0 Å². The highest BCUT2D eigenvalue weighted by molar-refractivity contribution is 5.69. The van der Waals surface area contributed by atoms with E-state index in [4.69, 9.17) is 10.5 Å². The molecule has 0 radical (unpaired) electrons. The molecule has 0 rings (SSSR count). The molecule has 5 heteroatoms. The van der Waals surface area contributed by atoms with Crippen molar-refractivity contribution in [3.05, 3.63) is 0 Å². The molecule has 3 N–H and O–H groups in total. The van der Waals surface area contributed by atoms with E-state index in [0.29, 0.717) is 25.6 Å².